The zero-order chi connectivity index (χ0) is 22.0. The third-order valence-electron chi connectivity index (χ3n) is 4.92. The van der Waals surface area contributed by atoms with Crippen LogP contribution < -0.4 is 4.74 Å². The number of esters is 1. The van der Waals surface area contributed by atoms with Gasteiger partial charge in [-0.3, -0.25) is 14.5 Å². The molecule has 0 N–H and O–H groups in total. The molecule has 0 bridgehead atoms. The number of imide groups is 1. The van der Waals surface area contributed by atoms with Crippen LogP contribution in [0, 0.1) is 13.8 Å². The van der Waals surface area contributed by atoms with E-state index in [4.69, 9.17) is 4.74 Å². The fourth-order valence-electron chi connectivity index (χ4n) is 3.42. The highest BCUT2D eigenvalue weighted by atomic mass is 32.2. The first-order valence-corrected chi connectivity index (χ1v) is 10.4. The van der Waals surface area contributed by atoms with Gasteiger partial charge in [0.25, 0.3) is 11.1 Å². The lowest BCUT2D eigenvalue weighted by Crippen LogP contribution is -2.42. The molecule has 1 saturated heterocycles. The van der Waals surface area contributed by atoms with E-state index in [1.807, 2.05) is 51.1 Å². The van der Waals surface area contributed by atoms with E-state index in [0.29, 0.717) is 6.61 Å². The molecule has 158 valence electrons. The maximum atomic E-state index is 12.7. The van der Waals surface area contributed by atoms with Gasteiger partial charge in [0, 0.05) is 17.1 Å². The van der Waals surface area contributed by atoms with E-state index in [9.17, 15) is 14.4 Å². The second-order valence-electron chi connectivity index (χ2n) is 6.84. The van der Waals surface area contributed by atoms with E-state index in [-0.39, 0.29) is 4.91 Å². The van der Waals surface area contributed by atoms with Gasteiger partial charge in [-0.1, -0.05) is 0 Å². The lowest BCUT2D eigenvalue weighted by molar-refractivity contribution is -0.148. The van der Waals surface area contributed by atoms with Gasteiger partial charge in [-0.15, -0.1) is 0 Å². The number of hydrogen-bond acceptors (Lipinski definition) is 6. The first-order valence-electron chi connectivity index (χ1n) is 9.55. The number of carbonyl (C=O) groups excluding carboxylic acids is 3. The highest BCUT2D eigenvalue weighted by Gasteiger charge is 2.41. The summed E-state index contributed by atoms with van der Waals surface area (Å²) in [6, 6.07) is 8.77. The zero-order valence-electron chi connectivity index (χ0n) is 17.6. The number of nitrogens with zero attached hydrogens (tertiary/aromatic N) is 2. The predicted molar refractivity (Wildman–Crippen MR) is 116 cm³/mol. The van der Waals surface area contributed by atoms with Gasteiger partial charge < -0.3 is 14.0 Å². The van der Waals surface area contributed by atoms with Crippen LogP contribution in [0.15, 0.2) is 35.2 Å². The Hall–Kier alpha value is -3.00. The molecule has 30 heavy (non-hydrogen) atoms. The molecule has 1 aliphatic heterocycles. The number of thioether (sulfide) groups is 1. The minimum Gasteiger partial charge on any atom is -0.494 e. The van der Waals surface area contributed by atoms with Gasteiger partial charge in [-0.25, -0.2) is 4.79 Å². The summed E-state index contributed by atoms with van der Waals surface area (Å²) in [5.74, 6) is -0.321. The Morgan fingerprint density at radius 3 is 2.47 bits per heavy atom. The van der Waals surface area contributed by atoms with Crippen molar-refractivity contribution in [2.24, 2.45) is 0 Å². The second kappa shape index (κ2) is 8.79. The average Bonchev–Trinajstić information content (AvgIpc) is 3.16. The number of methoxy groups -OCH3 is 1. The largest absolute Gasteiger partial charge is 0.494 e. The molecule has 2 aromatic rings. The van der Waals surface area contributed by atoms with Crippen molar-refractivity contribution in [2.45, 2.75) is 33.7 Å². The maximum absolute atomic E-state index is 12.7. The predicted octanol–water partition coefficient (Wildman–Crippen LogP) is 4.09. The van der Waals surface area contributed by atoms with Crippen LogP contribution in [0.1, 0.15) is 30.8 Å². The minimum atomic E-state index is -0.968. The van der Waals surface area contributed by atoms with Crippen molar-refractivity contribution in [3.05, 3.63) is 52.2 Å². The molecule has 0 radical (unpaired) electrons. The van der Waals surface area contributed by atoms with Crippen molar-refractivity contribution in [2.75, 3.05) is 13.7 Å². The van der Waals surface area contributed by atoms with Crippen LogP contribution in [0.25, 0.3) is 11.8 Å². The Bertz CT molecular complexity index is 1020. The summed E-state index contributed by atoms with van der Waals surface area (Å²) >= 11 is 0.825. The average molecular weight is 429 g/mol. The Morgan fingerprint density at radius 1 is 1.20 bits per heavy atom. The first kappa shape index (κ1) is 21.7. The summed E-state index contributed by atoms with van der Waals surface area (Å²) in [6.07, 6.45) is 1.70. The number of benzene rings is 1. The van der Waals surface area contributed by atoms with Gasteiger partial charge in [0.2, 0.25) is 0 Å². The van der Waals surface area contributed by atoms with Gasteiger partial charge in [-0.05, 0) is 81.4 Å². The normalized spacial score (nSPS) is 16.3. The molecule has 1 aromatic carbocycles. The summed E-state index contributed by atoms with van der Waals surface area (Å²) in [5.41, 5.74) is 3.73. The Kier molecular flexibility index (Phi) is 6.36. The molecule has 0 saturated carbocycles. The third kappa shape index (κ3) is 4.00. The first-order chi connectivity index (χ1) is 14.3. The molecular formula is C22H24N2O5S. The van der Waals surface area contributed by atoms with Gasteiger partial charge in [0.1, 0.15) is 11.8 Å². The molecule has 0 aliphatic carbocycles. The molecule has 2 heterocycles. The van der Waals surface area contributed by atoms with Crippen LogP contribution in [0.3, 0.4) is 0 Å². The SMILES string of the molecule is CCOc1ccc(-n2c(C)cc(/C=C3/SC(=O)N(C(C)C(=O)OC)C3=O)c2C)cc1. The van der Waals surface area contributed by atoms with E-state index in [2.05, 4.69) is 9.30 Å². The number of hydrogen-bond donors (Lipinski definition) is 0. The summed E-state index contributed by atoms with van der Waals surface area (Å²) in [6.45, 7) is 7.95. The number of aromatic nitrogens is 1. The Balaban J connectivity index is 1.92. The van der Waals surface area contributed by atoms with Crippen molar-refractivity contribution < 1.29 is 23.9 Å². The molecule has 3 rings (SSSR count). The van der Waals surface area contributed by atoms with E-state index in [1.165, 1.54) is 14.0 Å². The highest BCUT2D eigenvalue weighted by Crippen LogP contribution is 2.35. The quantitative estimate of drug-likeness (QED) is 0.509. The molecule has 1 aliphatic rings. The number of rotatable bonds is 6. The van der Waals surface area contributed by atoms with Crippen molar-refractivity contribution in [1.29, 1.82) is 0 Å². The Morgan fingerprint density at radius 2 is 1.87 bits per heavy atom. The molecular weight excluding hydrogens is 404 g/mol. The van der Waals surface area contributed by atoms with Crippen molar-refractivity contribution in [1.82, 2.24) is 9.47 Å². The van der Waals surface area contributed by atoms with Crippen LogP contribution in [-0.2, 0) is 14.3 Å². The van der Waals surface area contributed by atoms with E-state index < -0.39 is 23.2 Å². The van der Waals surface area contributed by atoms with Crippen LogP contribution in [0.4, 0.5) is 4.79 Å². The number of aryl methyl sites for hydroxylation is 1. The van der Waals surface area contributed by atoms with Crippen LogP contribution in [-0.4, -0.2) is 46.3 Å². The van der Waals surface area contributed by atoms with Crippen LogP contribution in [0.5, 0.6) is 5.75 Å². The van der Waals surface area contributed by atoms with E-state index in [0.717, 1.165) is 45.1 Å². The van der Waals surface area contributed by atoms with Crippen molar-refractivity contribution >= 4 is 35.0 Å². The van der Waals surface area contributed by atoms with Crippen molar-refractivity contribution in [3.8, 4) is 11.4 Å². The van der Waals surface area contributed by atoms with Crippen molar-refractivity contribution in [3.63, 3.8) is 0 Å². The van der Waals surface area contributed by atoms with E-state index in [1.54, 1.807) is 6.08 Å². The lowest BCUT2D eigenvalue weighted by atomic mass is 10.2. The molecule has 0 spiro atoms. The molecule has 1 fully saturated rings. The molecule has 2 amide bonds. The van der Waals surface area contributed by atoms with Crippen LogP contribution >= 0.6 is 11.8 Å². The zero-order valence-corrected chi connectivity index (χ0v) is 18.4. The second-order valence-corrected chi connectivity index (χ2v) is 7.83. The molecule has 1 atom stereocenters. The topological polar surface area (TPSA) is 77.8 Å². The fraction of sp³-hybridized carbons (Fsp3) is 0.318. The molecule has 1 aromatic heterocycles. The van der Waals surface area contributed by atoms with Gasteiger partial charge in [0.05, 0.1) is 18.6 Å². The van der Waals surface area contributed by atoms with Gasteiger partial charge in [-0.2, -0.15) is 0 Å². The maximum Gasteiger partial charge on any atom is 0.328 e. The number of ether oxygens (including phenoxy) is 2. The smallest absolute Gasteiger partial charge is 0.328 e. The summed E-state index contributed by atoms with van der Waals surface area (Å²) in [7, 11) is 1.23. The third-order valence-corrected chi connectivity index (χ3v) is 5.80. The monoisotopic (exact) mass is 428 g/mol. The molecule has 1 unspecified atom stereocenters. The summed E-state index contributed by atoms with van der Waals surface area (Å²) in [5, 5.41) is -0.482. The fourth-order valence-corrected chi connectivity index (χ4v) is 4.32. The van der Waals surface area contributed by atoms with Crippen LogP contribution in [0.2, 0.25) is 0 Å². The standard InChI is InChI=1S/C22H24N2O5S/c1-6-29-18-9-7-17(8-10-18)23-13(2)11-16(14(23)3)12-19-20(25)24(22(27)30-19)15(4)21(26)28-5/h7-12,15H,6H2,1-5H3/b19-12+. The Labute approximate surface area is 179 Å². The summed E-state index contributed by atoms with van der Waals surface area (Å²) < 4.78 is 12.2. The van der Waals surface area contributed by atoms with E-state index >= 15 is 0 Å². The number of amides is 2. The van der Waals surface area contributed by atoms with Gasteiger partial charge >= 0.3 is 5.97 Å². The summed E-state index contributed by atoms with van der Waals surface area (Å²) in [4.78, 5) is 38.0. The molecule has 8 heteroatoms. The molecule has 7 nitrogen and oxygen atoms in total. The number of carbonyl (C=O) groups is 3. The highest BCUT2D eigenvalue weighted by molar-refractivity contribution is 8.18. The minimum absolute atomic E-state index is 0.280. The van der Waals surface area contributed by atoms with Gasteiger partial charge in [0.15, 0.2) is 0 Å². The lowest BCUT2D eigenvalue weighted by Gasteiger charge is -2.18.